The summed E-state index contributed by atoms with van der Waals surface area (Å²) in [4.78, 5) is 16.0. The molecule has 2 aromatic heterocycles. The summed E-state index contributed by atoms with van der Waals surface area (Å²) in [7, 11) is 1.83. The van der Waals surface area contributed by atoms with Crippen molar-refractivity contribution < 1.29 is 4.79 Å². The van der Waals surface area contributed by atoms with E-state index in [1.165, 1.54) is 6.08 Å². The number of hydrogen-bond donors (Lipinski definition) is 1. The van der Waals surface area contributed by atoms with Gasteiger partial charge in [-0.2, -0.15) is 5.10 Å². The Labute approximate surface area is 131 Å². The summed E-state index contributed by atoms with van der Waals surface area (Å²) in [6, 6.07) is 5.64. The summed E-state index contributed by atoms with van der Waals surface area (Å²) >= 11 is 0. The molecule has 1 amide bonds. The maximum absolute atomic E-state index is 12.0. The summed E-state index contributed by atoms with van der Waals surface area (Å²) in [5.41, 5.74) is 2.02. The number of amides is 1. The van der Waals surface area contributed by atoms with E-state index in [-0.39, 0.29) is 11.3 Å². The number of nitrogens with zero attached hydrogens (tertiary/aromatic N) is 3. The standard InChI is InChI=1S/C17H22N4O/c1-17(2,3)11-14-10-15(21(4)20-14)19-16(22)8-7-13-6-5-9-18-12-13/h5-10,12H,11H2,1-4H3,(H,19,22)/b8-7+. The van der Waals surface area contributed by atoms with E-state index < -0.39 is 0 Å². The van der Waals surface area contributed by atoms with Crippen molar-refractivity contribution in [3.63, 3.8) is 0 Å². The van der Waals surface area contributed by atoms with Gasteiger partial charge >= 0.3 is 0 Å². The highest BCUT2D eigenvalue weighted by Gasteiger charge is 2.15. The van der Waals surface area contributed by atoms with Crippen molar-refractivity contribution in [2.24, 2.45) is 12.5 Å². The minimum Gasteiger partial charge on any atom is -0.307 e. The fraction of sp³-hybridized carbons (Fsp3) is 0.353. The van der Waals surface area contributed by atoms with Crippen LogP contribution in [-0.2, 0) is 18.3 Å². The molecule has 0 aromatic carbocycles. The predicted octanol–water partition coefficient (Wildman–Crippen LogP) is 3.06. The smallest absolute Gasteiger partial charge is 0.249 e. The van der Waals surface area contributed by atoms with Crippen LogP contribution in [0, 0.1) is 5.41 Å². The number of anilines is 1. The molecule has 0 aliphatic heterocycles. The molecule has 116 valence electrons. The molecule has 0 radical (unpaired) electrons. The van der Waals surface area contributed by atoms with Gasteiger partial charge in [0.1, 0.15) is 5.82 Å². The summed E-state index contributed by atoms with van der Waals surface area (Å²) in [5.74, 6) is 0.509. The lowest BCUT2D eigenvalue weighted by Crippen LogP contribution is -2.11. The number of aryl methyl sites for hydroxylation is 1. The van der Waals surface area contributed by atoms with Crippen molar-refractivity contribution >= 4 is 17.8 Å². The van der Waals surface area contributed by atoms with Gasteiger partial charge < -0.3 is 5.32 Å². The van der Waals surface area contributed by atoms with Gasteiger partial charge in [-0.05, 0) is 29.5 Å². The first kappa shape index (κ1) is 15.9. The van der Waals surface area contributed by atoms with E-state index in [2.05, 4.69) is 36.2 Å². The van der Waals surface area contributed by atoms with Crippen molar-refractivity contribution in [2.45, 2.75) is 27.2 Å². The average Bonchev–Trinajstić information content (AvgIpc) is 2.75. The van der Waals surface area contributed by atoms with E-state index in [1.807, 2.05) is 25.2 Å². The second-order valence-corrected chi connectivity index (χ2v) is 6.49. The Balaban J connectivity index is 2.01. The molecule has 0 atom stereocenters. The zero-order valence-corrected chi connectivity index (χ0v) is 13.5. The highest BCUT2D eigenvalue weighted by atomic mass is 16.1. The minimum atomic E-state index is -0.186. The molecule has 0 saturated heterocycles. The second-order valence-electron chi connectivity index (χ2n) is 6.49. The molecule has 5 heteroatoms. The lowest BCUT2D eigenvalue weighted by molar-refractivity contribution is -0.111. The molecule has 22 heavy (non-hydrogen) atoms. The zero-order chi connectivity index (χ0) is 16.2. The molecule has 0 bridgehead atoms. The van der Waals surface area contributed by atoms with Gasteiger partial charge in [-0.25, -0.2) is 0 Å². The fourth-order valence-electron chi connectivity index (χ4n) is 2.09. The summed E-state index contributed by atoms with van der Waals surface area (Å²) in [5, 5.41) is 7.28. The lowest BCUT2D eigenvalue weighted by atomic mass is 9.91. The van der Waals surface area contributed by atoms with Gasteiger partial charge in [-0.1, -0.05) is 26.8 Å². The third kappa shape index (κ3) is 4.84. The monoisotopic (exact) mass is 298 g/mol. The molecule has 1 N–H and O–H groups in total. The second kappa shape index (κ2) is 6.56. The van der Waals surface area contributed by atoms with Crippen LogP contribution >= 0.6 is 0 Å². The van der Waals surface area contributed by atoms with Gasteiger partial charge in [0, 0.05) is 31.6 Å². The Hall–Kier alpha value is -2.43. The summed E-state index contributed by atoms with van der Waals surface area (Å²) < 4.78 is 1.69. The van der Waals surface area contributed by atoms with Crippen LogP contribution in [0.3, 0.4) is 0 Å². The van der Waals surface area contributed by atoms with Crippen LogP contribution in [0.25, 0.3) is 6.08 Å². The lowest BCUT2D eigenvalue weighted by Gasteiger charge is -2.15. The maximum atomic E-state index is 12.0. The molecule has 0 spiro atoms. The van der Waals surface area contributed by atoms with Gasteiger partial charge in [0.15, 0.2) is 0 Å². The molecule has 2 heterocycles. The number of carbonyl (C=O) groups excluding carboxylic acids is 1. The van der Waals surface area contributed by atoms with Crippen LogP contribution in [0.4, 0.5) is 5.82 Å². The first-order chi connectivity index (χ1) is 10.3. The molecular formula is C17H22N4O. The van der Waals surface area contributed by atoms with E-state index in [1.54, 1.807) is 23.2 Å². The van der Waals surface area contributed by atoms with Crippen molar-refractivity contribution in [3.05, 3.63) is 47.9 Å². The molecule has 2 rings (SSSR count). The molecule has 0 fully saturated rings. The quantitative estimate of drug-likeness (QED) is 0.883. The first-order valence-corrected chi connectivity index (χ1v) is 7.25. The third-order valence-corrected chi connectivity index (χ3v) is 3.00. The summed E-state index contributed by atoms with van der Waals surface area (Å²) in [6.07, 6.45) is 7.49. The number of nitrogens with one attached hydrogen (secondary N) is 1. The van der Waals surface area contributed by atoms with Crippen molar-refractivity contribution in [3.8, 4) is 0 Å². The largest absolute Gasteiger partial charge is 0.307 e. The van der Waals surface area contributed by atoms with Crippen LogP contribution in [-0.4, -0.2) is 20.7 Å². The minimum absolute atomic E-state index is 0.163. The van der Waals surface area contributed by atoms with Gasteiger partial charge in [-0.15, -0.1) is 0 Å². The van der Waals surface area contributed by atoms with E-state index in [0.717, 1.165) is 17.7 Å². The highest BCUT2D eigenvalue weighted by molar-refractivity contribution is 6.01. The summed E-state index contributed by atoms with van der Waals surface area (Å²) in [6.45, 7) is 6.49. The number of hydrogen-bond acceptors (Lipinski definition) is 3. The molecular weight excluding hydrogens is 276 g/mol. The van der Waals surface area contributed by atoms with Gasteiger partial charge in [0.25, 0.3) is 0 Å². The van der Waals surface area contributed by atoms with Crippen molar-refractivity contribution in [1.29, 1.82) is 0 Å². The number of aromatic nitrogens is 3. The van der Waals surface area contributed by atoms with Gasteiger partial charge in [-0.3, -0.25) is 14.5 Å². The van der Waals surface area contributed by atoms with E-state index in [9.17, 15) is 4.79 Å². The first-order valence-electron chi connectivity index (χ1n) is 7.25. The molecule has 0 aliphatic rings. The van der Waals surface area contributed by atoms with Crippen molar-refractivity contribution in [1.82, 2.24) is 14.8 Å². The average molecular weight is 298 g/mol. The SMILES string of the molecule is Cn1nc(CC(C)(C)C)cc1NC(=O)/C=C/c1cccnc1. The molecule has 2 aromatic rings. The third-order valence-electron chi connectivity index (χ3n) is 3.00. The van der Waals surface area contributed by atoms with Gasteiger partial charge in [0.2, 0.25) is 5.91 Å². The topological polar surface area (TPSA) is 59.8 Å². The number of rotatable bonds is 4. The Bertz CT molecular complexity index is 666. The van der Waals surface area contributed by atoms with Crippen molar-refractivity contribution in [2.75, 3.05) is 5.32 Å². The van der Waals surface area contributed by atoms with E-state index in [4.69, 9.17) is 0 Å². The maximum Gasteiger partial charge on any atom is 0.249 e. The van der Waals surface area contributed by atoms with Crippen LogP contribution in [0.5, 0.6) is 0 Å². The number of carbonyl (C=O) groups is 1. The molecule has 0 saturated carbocycles. The molecule has 5 nitrogen and oxygen atoms in total. The van der Waals surface area contributed by atoms with Crippen LogP contribution < -0.4 is 5.32 Å². The Kier molecular flexibility index (Phi) is 4.75. The van der Waals surface area contributed by atoms with Crippen LogP contribution in [0.1, 0.15) is 32.0 Å². The molecule has 0 aliphatic carbocycles. The zero-order valence-electron chi connectivity index (χ0n) is 13.5. The van der Waals surface area contributed by atoms with Gasteiger partial charge in [0.05, 0.1) is 5.69 Å². The van der Waals surface area contributed by atoms with E-state index in [0.29, 0.717) is 5.82 Å². The Morgan fingerprint density at radius 2 is 2.18 bits per heavy atom. The Morgan fingerprint density at radius 3 is 2.82 bits per heavy atom. The predicted molar refractivity (Wildman–Crippen MR) is 88.3 cm³/mol. The Morgan fingerprint density at radius 1 is 1.41 bits per heavy atom. The highest BCUT2D eigenvalue weighted by Crippen LogP contribution is 2.21. The van der Waals surface area contributed by atoms with Crippen LogP contribution in [0.15, 0.2) is 36.7 Å². The fourth-order valence-corrected chi connectivity index (χ4v) is 2.09. The van der Waals surface area contributed by atoms with Crippen LogP contribution in [0.2, 0.25) is 0 Å². The normalized spacial score (nSPS) is 11.8. The molecule has 0 unspecified atom stereocenters. The van der Waals surface area contributed by atoms with E-state index >= 15 is 0 Å². The number of pyridine rings is 1.